The van der Waals surface area contributed by atoms with Crippen molar-refractivity contribution in [3.05, 3.63) is 41.1 Å². The number of benzene rings is 1. The largest absolute Gasteiger partial charge is 0.278 e. The third kappa shape index (κ3) is 2.01. The number of hydrogen-bond donors (Lipinski definition) is 0. The Hall–Kier alpha value is -2.57. The highest BCUT2D eigenvalue weighted by Crippen LogP contribution is 2.30. The Morgan fingerprint density at radius 1 is 1.14 bits per heavy atom. The van der Waals surface area contributed by atoms with Gasteiger partial charge in [-0.1, -0.05) is 0 Å². The lowest BCUT2D eigenvalue weighted by Crippen LogP contribution is -2.48. The van der Waals surface area contributed by atoms with Gasteiger partial charge in [-0.2, -0.15) is 9.38 Å². The maximum atomic E-state index is 14.2. The topological polar surface area (TPSA) is 53.0 Å². The van der Waals surface area contributed by atoms with Crippen molar-refractivity contribution >= 4 is 23.5 Å². The predicted octanol–water partition coefficient (Wildman–Crippen LogP) is 1.80. The molecule has 0 N–H and O–H groups in total. The van der Waals surface area contributed by atoms with E-state index in [1.807, 2.05) is 0 Å². The summed E-state index contributed by atoms with van der Waals surface area (Å²) in [6.45, 7) is 3.21. The molecule has 2 aliphatic heterocycles. The molecule has 2 heterocycles. The van der Waals surface area contributed by atoms with Crippen LogP contribution in [0.2, 0.25) is 0 Å². The lowest BCUT2D eigenvalue weighted by molar-refractivity contribution is -0.117. The molecule has 7 heteroatoms. The van der Waals surface area contributed by atoms with Gasteiger partial charge in [0.2, 0.25) is 11.9 Å². The van der Waals surface area contributed by atoms with E-state index in [4.69, 9.17) is 0 Å². The number of carbonyl (C=O) groups is 2. The van der Waals surface area contributed by atoms with Crippen molar-refractivity contribution < 1.29 is 18.4 Å². The number of fused-ring (bicyclic) bond motifs is 1. The van der Waals surface area contributed by atoms with Crippen molar-refractivity contribution in [2.24, 2.45) is 4.99 Å². The maximum absolute atomic E-state index is 14.2. The van der Waals surface area contributed by atoms with Gasteiger partial charge in [0.25, 0.3) is 11.8 Å². The summed E-state index contributed by atoms with van der Waals surface area (Å²) in [5.74, 6) is -3.07. The average molecular weight is 291 g/mol. The SMILES string of the molecule is Cc1cc(F)c(N2C(=O)C=C(F)N3CC(=O)N=C32)cc1C. The molecule has 0 bridgehead atoms. The molecule has 5 nitrogen and oxygen atoms in total. The second kappa shape index (κ2) is 4.47. The first-order valence-corrected chi connectivity index (χ1v) is 6.25. The minimum absolute atomic E-state index is 0.0506. The first-order chi connectivity index (χ1) is 9.88. The van der Waals surface area contributed by atoms with Crippen LogP contribution in [0.1, 0.15) is 11.1 Å². The van der Waals surface area contributed by atoms with Crippen molar-refractivity contribution in [1.29, 1.82) is 0 Å². The van der Waals surface area contributed by atoms with Crippen LogP contribution in [0.5, 0.6) is 0 Å². The third-order valence-corrected chi connectivity index (χ3v) is 3.48. The van der Waals surface area contributed by atoms with Crippen molar-refractivity contribution in [3.63, 3.8) is 0 Å². The molecular formula is C14H11F2N3O2. The van der Waals surface area contributed by atoms with E-state index in [-0.39, 0.29) is 18.2 Å². The highest BCUT2D eigenvalue weighted by molar-refractivity contribution is 6.25. The molecule has 1 aromatic rings. The first-order valence-electron chi connectivity index (χ1n) is 6.25. The normalized spacial score (nSPS) is 17.9. The Bertz CT molecular complexity index is 740. The van der Waals surface area contributed by atoms with E-state index >= 15 is 0 Å². The molecule has 1 aromatic carbocycles. The lowest BCUT2D eigenvalue weighted by atomic mass is 10.1. The van der Waals surface area contributed by atoms with Gasteiger partial charge in [0.05, 0.1) is 11.8 Å². The van der Waals surface area contributed by atoms with Gasteiger partial charge >= 0.3 is 0 Å². The molecule has 0 atom stereocenters. The van der Waals surface area contributed by atoms with Crippen LogP contribution < -0.4 is 4.90 Å². The molecule has 108 valence electrons. The number of rotatable bonds is 1. The highest BCUT2D eigenvalue weighted by atomic mass is 19.1. The standard InChI is InChI=1S/C14H11F2N3O2/c1-7-3-9(15)10(4-8(7)2)19-13(21)5-11(16)18-6-12(20)17-14(18)19/h3-5H,6H2,1-2H3. The number of halogens is 2. The summed E-state index contributed by atoms with van der Waals surface area (Å²) >= 11 is 0. The second-order valence-corrected chi connectivity index (χ2v) is 4.92. The number of aryl methyl sites for hydroxylation is 2. The summed E-state index contributed by atoms with van der Waals surface area (Å²) in [5.41, 5.74) is 1.44. The molecule has 2 amide bonds. The van der Waals surface area contributed by atoms with Crippen LogP contribution in [0.4, 0.5) is 14.5 Å². The van der Waals surface area contributed by atoms with Crippen LogP contribution in [0.25, 0.3) is 0 Å². The number of nitrogens with zero attached hydrogens (tertiary/aromatic N) is 3. The first kappa shape index (κ1) is 13.4. The van der Waals surface area contributed by atoms with Crippen molar-refractivity contribution in [2.75, 3.05) is 11.4 Å². The Morgan fingerprint density at radius 2 is 1.81 bits per heavy atom. The molecular weight excluding hydrogens is 280 g/mol. The van der Waals surface area contributed by atoms with E-state index in [2.05, 4.69) is 4.99 Å². The van der Waals surface area contributed by atoms with Crippen LogP contribution in [0.15, 0.2) is 29.2 Å². The monoisotopic (exact) mass is 291 g/mol. The van der Waals surface area contributed by atoms with Gasteiger partial charge in [-0.3, -0.25) is 14.5 Å². The van der Waals surface area contributed by atoms with E-state index in [0.29, 0.717) is 6.08 Å². The van der Waals surface area contributed by atoms with E-state index in [9.17, 15) is 18.4 Å². The molecule has 0 spiro atoms. The Kier molecular flexibility index (Phi) is 2.86. The minimum atomic E-state index is -0.870. The Balaban J connectivity index is 2.17. The number of aliphatic imine (C=N–C) groups is 1. The van der Waals surface area contributed by atoms with Gasteiger partial charge in [-0.25, -0.2) is 9.29 Å². The van der Waals surface area contributed by atoms with Crippen molar-refractivity contribution in [1.82, 2.24) is 4.90 Å². The van der Waals surface area contributed by atoms with Gasteiger partial charge in [-0.05, 0) is 37.1 Å². The molecule has 0 aromatic heterocycles. The van der Waals surface area contributed by atoms with E-state index in [1.165, 1.54) is 12.1 Å². The second-order valence-electron chi connectivity index (χ2n) is 4.92. The summed E-state index contributed by atoms with van der Waals surface area (Å²) in [5, 5.41) is 0. The molecule has 3 rings (SSSR count). The predicted molar refractivity (Wildman–Crippen MR) is 71.7 cm³/mol. The van der Waals surface area contributed by atoms with Gasteiger partial charge in [0, 0.05) is 0 Å². The van der Waals surface area contributed by atoms with Crippen molar-refractivity contribution in [2.45, 2.75) is 13.8 Å². The third-order valence-electron chi connectivity index (χ3n) is 3.48. The van der Waals surface area contributed by atoms with Crippen LogP contribution in [-0.2, 0) is 9.59 Å². The van der Waals surface area contributed by atoms with Gasteiger partial charge in [-0.15, -0.1) is 0 Å². The Morgan fingerprint density at radius 3 is 2.52 bits per heavy atom. The number of amides is 2. The van der Waals surface area contributed by atoms with Crippen LogP contribution in [0, 0.1) is 19.7 Å². The highest BCUT2D eigenvalue weighted by Gasteiger charge is 2.39. The fourth-order valence-corrected chi connectivity index (χ4v) is 2.26. The molecule has 0 unspecified atom stereocenters. The van der Waals surface area contributed by atoms with E-state index in [0.717, 1.165) is 20.9 Å². The summed E-state index contributed by atoms with van der Waals surface area (Å²) < 4.78 is 27.9. The zero-order valence-electron chi connectivity index (χ0n) is 11.4. The molecule has 2 aliphatic rings. The zero-order chi connectivity index (χ0) is 15.3. The van der Waals surface area contributed by atoms with Crippen LogP contribution in [-0.4, -0.2) is 29.2 Å². The Labute approximate surface area is 119 Å². The van der Waals surface area contributed by atoms with Crippen molar-refractivity contribution in [3.8, 4) is 0 Å². The fourth-order valence-electron chi connectivity index (χ4n) is 2.26. The molecule has 0 saturated carbocycles. The van der Waals surface area contributed by atoms with E-state index < -0.39 is 23.6 Å². The summed E-state index contributed by atoms with van der Waals surface area (Å²) in [6, 6.07) is 2.76. The fraction of sp³-hybridized carbons (Fsp3) is 0.214. The van der Waals surface area contributed by atoms with Gasteiger partial charge in [0.1, 0.15) is 12.4 Å². The minimum Gasteiger partial charge on any atom is -0.278 e. The summed E-state index contributed by atoms with van der Waals surface area (Å²) in [4.78, 5) is 28.9. The molecule has 0 fully saturated rings. The van der Waals surface area contributed by atoms with Gasteiger partial charge in [0.15, 0.2) is 0 Å². The summed E-state index contributed by atoms with van der Waals surface area (Å²) in [6.07, 6.45) is 0.715. The number of anilines is 1. The van der Waals surface area contributed by atoms with Gasteiger partial charge < -0.3 is 0 Å². The maximum Gasteiger partial charge on any atom is 0.269 e. The lowest BCUT2D eigenvalue weighted by Gasteiger charge is -2.31. The quantitative estimate of drug-likeness (QED) is 0.741. The summed E-state index contributed by atoms with van der Waals surface area (Å²) in [7, 11) is 0. The van der Waals surface area contributed by atoms with Crippen LogP contribution >= 0.6 is 0 Å². The molecule has 21 heavy (non-hydrogen) atoms. The smallest absolute Gasteiger partial charge is 0.269 e. The molecule has 0 saturated heterocycles. The average Bonchev–Trinajstić information content (AvgIpc) is 2.77. The van der Waals surface area contributed by atoms with Crippen LogP contribution in [0.3, 0.4) is 0 Å². The molecule has 0 aliphatic carbocycles. The molecule has 0 radical (unpaired) electrons. The number of guanidine groups is 1. The zero-order valence-corrected chi connectivity index (χ0v) is 11.4. The number of hydrogen-bond acceptors (Lipinski definition) is 3. The van der Waals surface area contributed by atoms with E-state index in [1.54, 1.807) is 13.8 Å². The number of carbonyl (C=O) groups excluding carboxylic acids is 2.